The Morgan fingerprint density at radius 2 is 2.00 bits per heavy atom. The molecule has 0 saturated carbocycles. The Morgan fingerprint density at radius 3 is 2.79 bits per heavy atom. The summed E-state index contributed by atoms with van der Waals surface area (Å²) in [4.78, 5) is 23.9. The van der Waals surface area contributed by atoms with Gasteiger partial charge in [0, 0.05) is 56.2 Å². The van der Waals surface area contributed by atoms with Crippen LogP contribution in [0.3, 0.4) is 0 Å². The van der Waals surface area contributed by atoms with E-state index < -0.39 is 0 Å². The van der Waals surface area contributed by atoms with Gasteiger partial charge in [-0.1, -0.05) is 24.3 Å². The number of pyridine rings is 1. The summed E-state index contributed by atoms with van der Waals surface area (Å²) in [5.74, 6) is -0.425. The van der Waals surface area contributed by atoms with Crippen molar-refractivity contribution < 1.29 is 13.9 Å². The van der Waals surface area contributed by atoms with E-state index in [1.165, 1.54) is 6.07 Å². The Kier molecular flexibility index (Phi) is 5.88. The zero-order chi connectivity index (χ0) is 22.8. The Hall–Kier alpha value is -3.58. The molecule has 1 aliphatic rings. The van der Waals surface area contributed by atoms with Crippen LogP contribution < -0.4 is 0 Å². The monoisotopic (exact) mass is 444 g/mol. The fourth-order valence-corrected chi connectivity index (χ4v) is 4.36. The van der Waals surface area contributed by atoms with Gasteiger partial charge in [0.05, 0.1) is 11.8 Å². The van der Waals surface area contributed by atoms with Gasteiger partial charge in [0.15, 0.2) is 0 Å². The van der Waals surface area contributed by atoms with Crippen molar-refractivity contribution in [1.82, 2.24) is 19.4 Å². The molecule has 1 amide bonds. The summed E-state index contributed by atoms with van der Waals surface area (Å²) in [6.45, 7) is 1.62. The molecule has 0 spiro atoms. The molecule has 6 nitrogen and oxygen atoms in total. The lowest BCUT2D eigenvalue weighted by Crippen LogP contribution is -2.43. The highest BCUT2D eigenvalue weighted by molar-refractivity contribution is 5.92. The molecular formula is C26H25FN4O2. The first-order valence-electron chi connectivity index (χ1n) is 11.1. The Bertz CT molecular complexity index is 1300. The van der Waals surface area contributed by atoms with Crippen LogP contribution in [0.15, 0.2) is 67.3 Å². The average Bonchev–Trinajstić information content (AvgIpc) is 3.29. The molecular weight excluding hydrogens is 419 g/mol. The second-order valence-electron chi connectivity index (χ2n) is 8.43. The molecule has 2 aromatic carbocycles. The van der Waals surface area contributed by atoms with Gasteiger partial charge in [-0.2, -0.15) is 0 Å². The minimum Gasteiger partial charge on any atom is -0.381 e. The summed E-state index contributed by atoms with van der Waals surface area (Å²) < 4.78 is 22.1. The fourth-order valence-electron chi connectivity index (χ4n) is 4.36. The van der Waals surface area contributed by atoms with Gasteiger partial charge in [-0.25, -0.2) is 9.37 Å². The van der Waals surface area contributed by atoms with E-state index in [1.807, 2.05) is 48.3 Å². The molecule has 5 rings (SSSR count). The zero-order valence-corrected chi connectivity index (χ0v) is 18.4. The number of aryl methyl sites for hydroxylation is 1. The predicted molar refractivity (Wildman–Crippen MR) is 124 cm³/mol. The highest BCUT2D eigenvalue weighted by atomic mass is 19.1. The van der Waals surface area contributed by atoms with Crippen molar-refractivity contribution >= 4 is 16.8 Å². The number of carbonyl (C=O) groups excluding carboxylic acids is 1. The van der Waals surface area contributed by atoms with E-state index in [-0.39, 0.29) is 17.8 Å². The maximum Gasteiger partial charge on any atom is 0.274 e. The van der Waals surface area contributed by atoms with E-state index in [9.17, 15) is 9.18 Å². The van der Waals surface area contributed by atoms with Crippen LogP contribution in [0.4, 0.5) is 4.39 Å². The van der Waals surface area contributed by atoms with E-state index in [0.717, 1.165) is 34.9 Å². The summed E-state index contributed by atoms with van der Waals surface area (Å²) in [5.41, 5.74) is 3.34. The third-order valence-corrected chi connectivity index (χ3v) is 6.12. The minimum absolute atomic E-state index is 0.0478. The van der Waals surface area contributed by atoms with Gasteiger partial charge in [-0.15, -0.1) is 0 Å². The van der Waals surface area contributed by atoms with E-state index in [1.54, 1.807) is 29.4 Å². The Labute approximate surface area is 191 Å². The van der Waals surface area contributed by atoms with E-state index in [2.05, 4.69) is 9.97 Å². The number of aromatic nitrogens is 3. The van der Waals surface area contributed by atoms with Crippen LogP contribution in [-0.2, 0) is 18.3 Å². The van der Waals surface area contributed by atoms with Crippen molar-refractivity contribution in [2.45, 2.75) is 25.4 Å². The number of ether oxygens (including phenoxy) is 1. The van der Waals surface area contributed by atoms with E-state index in [4.69, 9.17) is 4.74 Å². The number of hydrogen-bond donors (Lipinski definition) is 0. The molecule has 3 heterocycles. The van der Waals surface area contributed by atoms with Crippen molar-refractivity contribution in [3.05, 3.63) is 84.3 Å². The highest BCUT2D eigenvalue weighted by Gasteiger charge is 2.28. The fraction of sp³-hybridized carbons (Fsp3) is 0.269. The molecule has 0 aliphatic carbocycles. The van der Waals surface area contributed by atoms with Gasteiger partial charge in [0.2, 0.25) is 0 Å². The van der Waals surface area contributed by atoms with Crippen molar-refractivity contribution in [2.24, 2.45) is 7.05 Å². The van der Waals surface area contributed by atoms with Crippen molar-refractivity contribution in [2.75, 3.05) is 13.2 Å². The molecule has 0 radical (unpaired) electrons. The zero-order valence-electron chi connectivity index (χ0n) is 18.4. The van der Waals surface area contributed by atoms with E-state index >= 15 is 0 Å². The molecule has 7 heteroatoms. The van der Waals surface area contributed by atoms with Crippen molar-refractivity contribution in [1.29, 1.82) is 0 Å². The lowest BCUT2D eigenvalue weighted by Gasteiger charge is -2.34. The predicted octanol–water partition coefficient (Wildman–Crippen LogP) is 4.60. The summed E-state index contributed by atoms with van der Waals surface area (Å²) >= 11 is 0. The maximum atomic E-state index is 14.8. The SMILES string of the molecule is Cn1cnc(C(=O)N(Cc2ccc(F)c(-c3ccc4cccnc4c3)c2)C2CCOCC2)c1. The van der Waals surface area contributed by atoms with Crippen LogP contribution in [0.2, 0.25) is 0 Å². The second kappa shape index (κ2) is 9.11. The van der Waals surface area contributed by atoms with Crippen LogP contribution in [0, 0.1) is 5.82 Å². The second-order valence-corrected chi connectivity index (χ2v) is 8.43. The molecule has 1 saturated heterocycles. The Morgan fingerprint density at radius 1 is 1.15 bits per heavy atom. The number of halogens is 1. The number of carbonyl (C=O) groups is 1. The first-order chi connectivity index (χ1) is 16.1. The van der Waals surface area contributed by atoms with Gasteiger partial charge in [0.1, 0.15) is 11.5 Å². The maximum absolute atomic E-state index is 14.8. The summed E-state index contributed by atoms with van der Waals surface area (Å²) in [6, 6.07) is 14.7. The summed E-state index contributed by atoms with van der Waals surface area (Å²) in [5, 5.41) is 1.00. The van der Waals surface area contributed by atoms with Gasteiger partial charge in [0.25, 0.3) is 5.91 Å². The first-order valence-corrected chi connectivity index (χ1v) is 11.1. The van der Waals surface area contributed by atoms with Crippen LogP contribution in [0.5, 0.6) is 0 Å². The number of nitrogens with zero attached hydrogens (tertiary/aromatic N) is 4. The van der Waals surface area contributed by atoms with E-state index in [0.29, 0.717) is 31.0 Å². The number of benzene rings is 2. The van der Waals surface area contributed by atoms with Crippen LogP contribution in [0.25, 0.3) is 22.0 Å². The standard InChI is InChI=1S/C26H25FN4O2/c1-30-16-25(29-17-30)26(32)31(21-8-11-33-12-9-21)15-18-4-7-23(27)22(13-18)20-6-5-19-3-2-10-28-24(19)14-20/h2-7,10,13-14,16-17,21H,8-9,11-12,15H2,1H3. The third-order valence-electron chi connectivity index (χ3n) is 6.12. The lowest BCUT2D eigenvalue weighted by molar-refractivity contribution is 0.0264. The van der Waals surface area contributed by atoms with Gasteiger partial charge < -0.3 is 14.2 Å². The van der Waals surface area contributed by atoms with Crippen LogP contribution >= 0.6 is 0 Å². The number of imidazole rings is 1. The van der Waals surface area contributed by atoms with Crippen molar-refractivity contribution in [3.63, 3.8) is 0 Å². The lowest BCUT2D eigenvalue weighted by atomic mass is 9.99. The highest BCUT2D eigenvalue weighted by Crippen LogP contribution is 2.28. The van der Waals surface area contributed by atoms with Crippen molar-refractivity contribution in [3.8, 4) is 11.1 Å². The third kappa shape index (κ3) is 4.50. The topological polar surface area (TPSA) is 60.2 Å². The molecule has 1 aliphatic heterocycles. The summed E-state index contributed by atoms with van der Waals surface area (Å²) in [7, 11) is 1.84. The molecule has 4 aromatic rings. The van der Waals surface area contributed by atoms with Crippen LogP contribution in [-0.4, -0.2) is 44.6 Å². The quantitative estimate of drug-likeness (QED) is 0.452. The first kappa shape index (κ1) is 21.3. The molecule has 1 fully saturated rings. The molecule has 168 valence electrons. The largest absolute Gasteiger partial charge is 0.381 e. The molecule has 0 N–H and O–H groups in total. The number of fused-ring (bicyclic) bond motifs is 1. The van der Waals surface area contributed by atoms with Crippen LogP contribution in [0.1, 0.15) is 28.9 Å². The number of rotatable bonds is 5. The smallest absolute Gasteiger partial charge is 0.274 e. The molecule has 2 aromatic heterocycles. The normalized spacial score (nSPS) is 14.5. The average molecular weight is 445 g/mol. The summed E-state index contributed by atoms with van der Waals surface area (Å²) in [6.07, 6.45) is 6.62. The number of amides is 1. The van der Waals surface area contributed by atoms with Gasteiger partial charge in [-0.05, 0) is 48.2 Å². The molecule has 0 unspecified atom stereocenters. The Balaban J connectivity index is 1.48. The number of hydrogen-bond acceptors (Lipinski definition) is 4. The van der Waals surface area contributed by atoms with Gasteiger partial charge >= 0.3 is 0 Å². The minimum atomic E-state index is -0.303. The van der Waals surface area contributed by atoms with Gasteiger partial charge in [-0.3, -0.25) is 9.78 Å². The molecule has 0 atom stereocenters. The molecule has 33 heavy (non-hydrogen) atoms. The molecule has 0 bridgehead atoms.